The monoisotopic (exact) mass is 354 g/mol. The number of piperidine rings is 1. The first kappa shape index (κ1) is 17.8. The van der Waals surface area contributed by atoms with Crippen LogP contribution in [0.4, 0.5) is 4.79 Å². The Hall–Kier alpha value is -3.02. The zero-order valence-electron chi connectivity index (χ0n) is 14.7. The minimum absolute atomic E-state index is 0.0540. The highest BCUT2D eigenvalue weighted by molar-refractivity contribution is 5.94. The normalized spacial score (nSPS) is 14.7. The molecule has 3 rings (SSSR count). The molecule has 0 aromatic heterocycles. The maximum Gasteiger partial charge on any atom is 0.407 e. The molecule has 1 saturated heterocycles. The van der Waals surface area contributed by atoms with Crippen LogP contribution in [0.15, 0.2) is 54.6 Å². The number of ether oxygens (including phenoxy) is 1. The largest absolute Gasteiger partial charge is 0.465 e. The van der Waals surface area contributed by atoms with Gasteiger partial charge in [0.2, 0.25) is 0 Å². The third-order valence-electron chi connectivity index (χ3n) is 4.68. The van der Waals surface area contributed by atoms with Crippen LogP contribution in [-0.4, -0.2) is 53.1 Å². The van der Waals surface area contributed by atoms with Crippen LogP contribution in [0, 0.1) is 0 Å². The van der Waals surface area contributed by atoms with Crippen molar-refractivity contribution < 1.29 is 19.4 Å². The molecule has 26 heavy (non-hydrogen) atoms. The van der Waals surface area contributed by atoms with Gasteiger partial charge in [-0.3, -0.25) is 4.79 Å². The predicted octanol–water partition coefficient (Wildman–Crippen LogP) is 3.69. The summed E-state index contributed by atoms with van der Waals surface area (Å²) >= 11 is 0. The third-order valence-corrected chi connectivity index (χ3v) is 4.68. The number of nitrogens with zero attached hydrogens (tertiary/aromatic N) is 2. The second-order valence-corrected chi connectivity index (χ2v) is 6.36. The van der Waals surface area contributed by atoms with Gasteiger partial charge < -0.3 is 19.6 Å². The molecule has 0 radical (unpaired) electrons. The summed E-state index contributed by atoms with van der Waals surface area (Å²) in [6, 6.07) is 16.6. The van der Waals surface area contributed by atoms with Crippen molar-refractivity contribution >= 4 is 12.0 Å². The van der Waals surface area contributed by atoms with Crippen molar-refractivity contribution in [1.82, 2.24) is 9.80 Å². The lowest BCUT2D eigenvalue weighted by Crippen LogP contribution is -2.46. The summed E-state index contributed by atoms with van der Waals surface area (Å²) < 4.78 is 5.74. The van der Waals surface area contributed by atoms with E-state index in [9.17, 15) is 9.59 Å². The topological polar surface area (TPSA) is 70.1 Å². The molecule has 1 heterocycles. The van der Waals surface area contributed by atoms with Crippen molar-refractivity contribution in [2.24, 2.45) is 0 Å². The van der Waals surface area contributed by atoms with E-state index < -0.39 is 6.09 Å². The molecular weight excluding hydrogens is 332 g/mol. The van der Waals surface area contributed by atoms with E-state index >= 15 is 0 Å². The average molecular weight is 354 g/mol. The maximum atomic E-state index is 12.7. The van der Waals surface area contributed by atoms with Crippen molar-refractivity contribution in [3.05, 3.63) is 60.2 Å². The van der Waals surface area contributed by atoms with E-state index in [1.807, 2.05) is 30.3 Å². The summed E-state index contributed by atoms with van der Waals surface area (Å²) in [6.45, 7) is 0.920. The van der Waals surface area contributed by atoms with Gasteiger partial charge in [-0.25, -0.2) is 4.79 Å². The van der Waals surface area contributed by atoms with E-state index in [-0.39, 0.29) is 11.9 Å². The second-order valence-electron chi connectivity index (χ2n) is 6.36. The quantitative estimate of drug-likeness (QED) is 0.909. The van der Waals surface area contributed by atoms with Gasteiger partial charge in [-0.1, -0.05) is 18.2 Å². The van der Waals surface area contributed by atoms with Gasteiger partial charge in [0.05, 0.1) is 0 Å². The molecule has 0 spiro atoms. The molecular formula is C20H22N2O4. The number of likely N-dealkylation sites (tertiary alicyclic amines) is 1. The van der Waals surface area contributed by atoms with Crippen LogP contribution in [0.25, 0.3) is 0 Å². The number of hydrogen-bond acceptors (Lipinski definition) is 3. The summed E-state index contributed by atoms with van der Waals surface area (Å²) in [4.78, 5) is 26.8. The third kappa shape index (κ3) is 4.14. The van der Waals surface area contributed by atoms with Crippen LogP contribution in [-0.2, 0) is 0 Å². The van der Waals surface area contributed by atoms with Gasteiger partial charge in [0.1, 0.15) is 11.5 Å². The molecule has 2 aromatic carbocycles. The van der Waals surface area contributed by atoms with Crippen LogP contribution in [0.1, 0.15) is 23.2 Å². The van der Waals surface area contributed by atoms with Gasteiger partial charge in [-0.2, -0.15) is 0 Å². The number of carbonyl (C=O) groups is 2. The zero-order valence-corrected chi connectivity index (χ0v) is 14.7. The van der Waals surface area contributed by atoms with Crippen molar-refractivity contribution in [3.8, 4) is 11.5 Å². The summed E-state index contributed by atoms with van der Waals surface area (Å²) in [6.07, 6.45) is 0.416. The van der Waals surface area contributed by atoms with E-state index in [1.54, 1.807) is 36.2 Å². The Morgan fingerprint density at radius 2 is 1.58 bits per heavy atom. The lowest BCUT2D eigenvalue weighted by molar-refractivity contribution is 0.0641. The van der Waals surface area contributed by atoms with Crippen LogP contribution in [0.2, 0.25) is 0 Å². The molecule has 0 aliphatic carbocycles. The van der Waals surface area contributed by atoms with Crippen molar-refractivity contribution in [1.29, 1.82) is 0 Å². The van der Waals surface area contributed by atoms with E-state index in [2.05, 4.69) is 0 Å². The van der Waals surface area contributed by atoms with Gasteiger partial charge in [-0.05, 0) is 49.2 Å². The Balaban J connectivity index is 1.60. The predicted molar refractivity (Wildman–Crippen MR) is 97.7 cm³/mol. The van der Waals surface area contributed by atoms with E-state index in [4.69, 9.17) is 9.84 Å². The molecule has 0 saturated carbocycles. The Labute approximate surface area is 152 Å². The van der Waals surface area contributed by atoms with Gasteiger partial charge in [0, 0.05) is 31.7 Å². The second kappa shape index (κ2) is 7.91. The molecule has 0 bridgehead atoms. The number of rotatable bonds is 4. The van der Waals surface area contributed by atoms with Gasteiger partial charge in [-0.15, -0.1) is 0 Å². The first-order chi connectivity index (χ1) is 12.5. The zero-order chi connectivity index (χ0) is 18.5. The maximum absolute atomic E-state index is 12.7. The number of para-hydroxylation sites is 1. The Kier molecular flexibility index (Phi) is 5.41. The SMILES string of the molecule is CN(C(=O)c1ccc(Oc2ccccc2)cc1)C1CCN(C(=O)O)CC1. The van der Waals surface area contributed by atoms with Crippen LogP contribution < -0.4 is 4.74 Å². The molecule has 1 aliphatic rings. The molecule has 2 aromatic rings. The van der Waals surface area contributed by atoms with E-state index in [1.165, 1.54) is 4.90 Å². The Morgan fingerprint density at radius 3 is 2.15 bits per heavy atom. The Morgan fingerprint density at radius 1 is 1.00 bits per heavy atom. The van der Waals surface area contributed by atoms with Crippen molar-refractivity contribution in [3.63, 3.8) is 0 Å². The van der Waals surface area contributed by atoms with Gasteiger partial charge >= 0.3 is 6.09 Å². The first-order valence-corrected chi connectivity index (χ1v) is 8.62. The fourth-order valence-electron chi connectivity index (χ4n) is 3.10. The highest BCUT2D eigenvalue weighted by Crippen LogP contribution is 2.23. The molecule has 1 N–H and O–H groups in total. The fourth-order valence-corrected chi connectivity index (χ4v) is 3.10. The Bertz CT molecular complexity index is 753. The minimum Gasteiger partial charge on any atom is -0.465 e. The molecule has 1 fully saturated rings. The van der Waals surface area contributed by atoms with Crippen LogP contribution in [0.5, 0.6) is 11.5 Å². The van der Waals surface area contributed by atoms with Crippen LogP contribution >= 0.6 is 0 Å². The highest BCUT2D eigenvalue weighted by atomic mass is 16.5. The first-order valence-electron chi connectivity index (χ1n) is 8.62. The fraction of sp³-hybridized carbons (Fsp3) is 0.300. The van der Waals surface area contributed by atoms with E-state index in [0.29, 0.717) is 37.2 Å². The summed E-state index contributed by atoms with van der Waals surface area (Å²) in [5.74, 6) is 1.35. The molecule has 6 nitrogen and oxygen atoms in total. The van der Waals surface area contributed by atoms with Crippen molar-refractivity contribution in [2.75, 3.05) is 20.1 Å². The average Bonchev–Trinajstić information content (AvgIpc) is 2.68. The summed E-state index contributed by atoms with van der Waals surface area (Å²) in [5, 5.41) is 9.02. The number of hydrogen-bond donors (Lipinski definition) is 1. The van der Waals surface area contributed by atoms with Gasteiger partial charge in [0.15, 0.2) is 0 Å². The van der Waals surface area contributed by atoms with Crippen molar-refractivity contribution in [2.45, 2.75) is 18.9 Å². The van der Waals surface area contributed by atoms with Crippen LogP contribution in [0.3, 0.4) is 0 Å². The lowest BCUT2D eigenvalue weighted by atomic mass is 10.0. The summed E-state index contributed by atoms with van der Waals surface area (Å²) in [7, 11) is 1.78. The lowest BCUT2D eigenvalue weighted by Gasteiger charge is -2.35. The highest BCUT2D eigenvalue weighted by Gasteiger charge is 2.27. The number of carboxylic acid groups (broad SMARTS) is 1. The molecule has 0 atom stereocenters. The van der Waals surface area contributed by atoms with E-state index in [0.717, 1.165) is 5.75 Å². The summed E-state index contributed by atoms with van der Waals surface area (Å²) in [5.41, 5.74) is 0.591. The number of amides is 2. The molecule has 0 unspecified atom stereocenters. The van der Waals surface area contributed by atoms with Gasteiger partial charge in [0.25, 0.3) is 5.91 Å². The number of benzene rings is 2. The molecule has 136 valence electrons. The molecule has 6 heteroatoms. The molecule has 1 aliphatic heterocycles. The standard InChI is InChI=1S/C20H22N2O4/c1-21(16-11-13-22(14-12-16)20(24)25)19(23)15-7-9-18(10-8-15)26-17-5-3-2-4-6-17/h2-10,16H,11-14H2,1H3,(H,24,25). The molecule has 2 amide bonds. The number of carbonyl (C=O) groups excluding carboxylic acids is 1. The smallest absolute Gasteiger partial charge is 0.407 e. The minimum atomic E-state index is -0.897.